The summed E-state index contributed by atoms with van der Waals surface area (Å²) >= 11 is 0. The molecule has 2 aliphatic heterocycles. The zero-order chi connectivity index (χ0) is 15.7. The van der Waals surface area contributed by atoms with Gasteiger partial charge in [-0.1, -0.05) is 18.2 Å². The van der Waals surface area contributed by atoms with Gasteiger partial charge in [0.15, 0.2) is 0 Å². The van der Waals surface area contributed by atoms with Crippen LogP contribution in [0.25, 0.3) is 0 Å². The van der Waals surface area contributed by atoms with Gasteiger partial charge in [-0.3, -0.25) is 4.79 Å². The number of rotatable bonds is 3. The number of nitrogens with zero attached hydrogens (tertiary/aromatic N) is 1. The first kappa shape index (κ1) is 15.2. The maximum Gasteiger partial charge on any atom is 0.254 e. The smallest absolute Gasteiger partial charge is 0.254 e. The average Bonchev–Trinajstić information content (AvgIpc) is 3.41. The van der Waals surface area contributed by atoms with Crippen LogP contribution < -0.4 is 5.32 Å². The predicted octanol–water partition coefficient (Wildman–Crippen LogP) is 2.59. The number of hydrogen-bond acceptors (Lipinski definition) is 3. The van der Waals surface area contributed by atoms with Crippen LogP contribution in [0.1, 0.15) is 48.9 Å². The van der Waals surface area contributed by atoms with Crippen LogP contribution in [0.3, 0.4) is 0 Å². The number of carbonyl (C=O) groups excluding carboxylic acids is 1. The van der Waals surface area contributed by atoms with Crippen molar-refractivity contribution < 1.29 is 9.53 Å². The number of nitrogens with one attached hydrogen (secondary N) is 1. The van der Waals surface area contributed by atoms with Crippen LogP contribution in [0.2, 0.25) is 0 Å². The number of piperidine rings is 1. The van der Waals surface area contributed by atoms with Crippen molar-refractivity contribution in [1.29, 1.82) is 0 Å². The third kappa shape index (κ3) is 3.15. The van der Waals surface area contributed by atoms with Crippen LogP contribution in [0, 0.1) is 0 Å². The van der Waals surface area contributed by atoms with Gasteiger partial charge < -0.3 is 15.0 Å². The lowest BCUT2D eigenvalue weighted by atomic mass is 9.82. The minimum atomic E-state index is -0.00171. The fraction of sp³-hybridized carbons (Fsp3) is 0.632. The van der Waals surface area contributed by atoms with Gasteiger partial charge in [0.05, 0.1) is 5.60 Å². The van der Waals surface area contributed by atoms with Crippen LogP contribution in [-0.4, -0.2) is 48.2 Å². The van der Waals surface area contributed by atoms with Gasteiger partial charge in [-0.15, -0.1) is 0 Å². The highest BCUT2D eigenvalue weighted by molar-refractivity contribution is 5.94. The Hall–Kier alpha value is -1.39. The third-order valence-electron chi connectivity index (χ3n) is 5.57. The molecule has 1 spiro atoms. The quantitative estimate of drug-likeness (QED) is 0.932. The molecule has 1 N–H and O–H groups in total. The molecule has 2 saturated heterocycles. The van der Waals surface area contributed by atoms with Gasteiger partial charge in [-0.25, -0.2) is 0 Å². The van der Waals surface area contributed by atoms with Crippen LogP contribution in [0.5, 0.6) is 0 Å². The van der Waals surface area contributed by atoms with Crippen LogP contribution in [0.15, 0.2) is 30.3 Å². The molecular weight excluding hydrogens is 288 g/mol. The van der Waals surface area contributed by atoms with Gasteiger partial charge in [-0.2, -0.15) is 0 Å². The van der Waals surface area contributed by atoms with E-state index in [0.29, 0.717) is 12.1 Å². The van der Waals surface area contributed by atoms with E-state index in [1.807, 2.05) is 30.3 Å². The van der Waals surface area contributed by atoms with E-state index in [0.717, 1.165) is 63.8 Å². The molecule has 23 heavy (non-hydrogen) atoms. The molecule has 1 unspecified atom stereocenters. The normalized spacial score (nSPS) is 26.9. The zero-order valence-electron chi connectivity index (χ0n) is 13.7. The first-order valence-electron chi connectivity index (χ1n) is 9.00. The molecule has 2 heterocycles. The summed E-state index contributed by atoms with van der Waals surface area (Å²) in [6.07, 6.45) is 6.44. The van der Waals surface area contributed by atoms with E-state index >= 15 is 0 Å². The Kier molecular flexibility index (Phi) is 4.12. The van der Waals surface area contributed by atoms with E-state index < -0.39 is 0 Å². The lowest BCUT2D eigenvalue weighted by molar-refractivity contribution is -0.117. The van der Waals surface area contributed by atoms with Crippen LogP contribution >= 0.6 is 0 Å². The first-order valence-corrected chi connectivity index (χ1v) is 9.00. The Balaban J connectivity index is 1.54. The van der Waals surface area contributed by atoms with Crippen molar-refractivity contribution >= 4 is 5.91 Å². The summed E-state index contributed by atoms with van der Waals surface area (Å²) in [5, 5.41) is 3.42. The largest absolute Gasteiger partial charge is 0.375 e. The van der Waals surface area contributed by atoms with Crippen LogP contribution in [0.4, 0.5) is 0 Å². The molecular formula is C19H26N2O2. The molecule has 1 aliphatic carbocycles. The summed E-state index contributed by atoms with van der Waals surface area (Å²) < 4.78 is 6.19. The minimum absolute atomic E-state index is 0.00171. The number of carbonyl (C=O) groups is 1. The molecule has 124 valence electrons. The second-order valence-electron chi connectivity index (χ2n) is 7.24. The van der Waals surface area contributed by atoms with Gasteiger partial charge in [0.1, 0.15) is 0 Å². The fourth-order valence-corrected chi connectivity index (χ4v) is 4.18. The van der Waals surface area contributed by atoms with Gasteiger partial charge in [0.25, 0.3) is 5.91 Å². The fourth-order valence-electron chi connectivity index (χ4n) is 4.18. The van der Waals surface area contributed by atoms with Crippen molar-refractivity contribution in [2.45, 2.75) is 56.2 Å². The van der Waals surface area contributed by atoms with Crippen molar-refractivity contribution in [3.8, 4) is 0 Å². The summed E-state index contributed by atoms with van der Waals surface area (Å²) in [4.78, 5) is 15.3. The van der Waals surface area contributed by atoms with E-state index in [1.165, 1.54) is 0 Å². The Morgan fingerprint density at radius 3 is 2.52 bits per heavy atom. The number of ether oxygens (including phenoxy) is 1. The third-order valence-corrected chi connectivity index (χ3v) is 5.57. The molecule has 1 atom stereocenters. The standard InChI is InChI=1S/C19H26N2O2/c22-18(15-4-2-1-3-5-15)21(16-6-7-16)17-8-13-23-19(14-17)9-11-20-12-10-19/h1-5,16-17,20H,6-14H2. The zero-order valence-corrected chi connectivity index (χ0v) is 13.7. The SMILES string of the molecule is O=C(c1ccccc1)N(C1CC1)C1CCOC2(CCNCC2)C1. The van der Waals surface area contributed by atoms with Gasteiger partial charge in [0, 0.05) is 24.3 Å². The Labute approximate surface area is 138 Å². The maximum absolute atomic E-state index is 13.1. The maximum atomic E-state index is 13.1. The average molecular weight is 314 g/mol. The second kappa shape index (κ2) is 6.25. The molecule has 4 rings (SSSR count). The van der Waals surface area contributed by atoms with E-state index in [1.54, 1.807) is 0 Å². The highest BCUT2D eigenvalue weighted by Crippen LogP contribution is 2.39. The van der Waals surface area contributed by atoms with Crippen molar-refractivity contribution in [2.24, 2.45) is 0 Å². The minimum Gasteiger partial charge on any atom is -0.375 e. The van der Waals surface area contributed by atoms with Crippen molar-refractivity contribution in [3.05, 3.63) is 35.9 Å². The lowest BCUT2D eigenvalue weighted by Gasteiger charge is -2.46. The number of benzene rings is 1. The Morgan fingerprint density at radius 1 is 1.09 bits per heavy atom. The van der Waals surface area contributed by atoms with Crippen molar-refractivity contribution in [2.75, 3.05) is 19.7 Å². The van der Waals surface area contributed by atoms with Gasteiger partial charge >= 0.3 is 0 Å². The van der Waals surface area contributed by atoms with E-state index in [-0.39, 0.29) is 11.5 Å². The van der Waals surface area contributed by atoms with Gasteiger partial charge in [0.2, 0.25) is 0 Å². The highest BCUT2D eigenvalue weighted by Gasteiger charge is 2.45. The van der Waals surface area contributed by atoms with Crippen LogP contribution in [-0.2, 0) is 4.74 Å². The molecule has 3 aliphatic rings. The molecule has 0 radical (unpaired) electrons. The summed E-state index contributed by atoms with van der Waals surface area (Å²) in [6, 6.07) is 10.5. The monoisotopic (exact) mass is 314 g/mol. The first-order chi connectivity index (χ1) is 11.3. The second-order valence-corrected chi connectivity index (χ2v) is 7.24. The number of hydrogen-bond donors (Lipinski definition) is 1. The molecule has 0 aromatic heterocycles. The molecule has 0 bridgehead atoms. The molecule has 1 amide bonds. The molecule has 4 nitrogen and oxygen atoms in total. The molecule has 1 aromatic carbocycles. The lowest BCUT2D eigenvalue weighted by Crippen LogP contribution is -2.54. The topological polar surface area (TPSA) is 41.6 Å². The molecule has 1 aromatic rings. The summed E-state index contributed by atoms with van der Waals surface area (Å²) in [5.74, 6) is 0.212. The van der Waals surface area contributed by atoms with Crippen molar-refractivity contribution in [1.82, 2.24) is 10.2 Å². The Bertz CT molecular complexity index is 544. The van der Waals surface area contributed by atoms with Gasteiger partial charge in [-0.05, 0) is 63.7 Å². The summed E-state index contributed by atoms with van der Waals surface area (Å²) in [6.45, 7) is 2.85. The molecule has 4 heteroatoms. The Morgan fingerprint density at radius 2 is 1.83 bits per heavy atom. The summed E-state index contributed by atoms with van der Waals surface area (Å²) in [7, 11) is 0. The molecule has 3 fully saturated rings. The van der Waals surface area contributed by atoms with E-state index in [2.05, 4.69) is 10.2 Å². The van der Waals surface area contributed by atoms with E-state index in [4.69, 9.17) is 4.74 Å². The van der Waals surface area contributed by atoms with Crippen molar-refractivity contribution in [3.63, 3.8) is 0 Å². The number of amides is 1. The predicted molar refractivity (Wildman–Crippen MR) is 89.4 cm³/mol. The van der Waals surface area contributed by atoms with E-state index in [9.17, 15) is 4.79 Å². The molecule has 1 saturated carbocycles. The summed E-state index contributed by atoms with van der Waals surface area (Å²) in [5.41, 5.74) is 0.823. The highest BCUT2D eigenvalue weighted by atomic mass is 16.5.